The van der Waals surface area contributed by atoms with Crippen LogP contribution in [-0.2, 0) is 4.79 Å². The molecule has 0 aliphatic heterocycles. The summed E-state index contributed by atoms with van der Waals surface area (Å²) in [7, 11) is 0. The Kier molecular flexibility index (Phi) is 3.66. The Morgan fingerprint density at radius 2 is 2.12 bits per heavy atom. The van der Waals surface area contributed by atoms with E-state index < -0.39 is 6.04 Å². The minimum absolute atomic E-state index is 0.0000169. The van der Waals surface area contributed by atoms with E-state index >= 15 is 0 Å². The number of allylic oxidation sites excluding steroid dienone is 2. The second kappa shape index (κ2) is 5.97. The lowest BCUT2D eigenvalue weighted by Crippen LogP contribution is -2.35. The summed E-state index contributed by atoms with van der Waals surface area (Å²) in [5.74, 6) is 0.847. The van der Waals surface area contributed by atoms with Gasteiger partial charge in [0.05, 0.1) is 18.0 Å². The van der Waals surface area contributed by atoms with Crippen LogP contribution in [0.1, 0.15) is 24.4 Å². The lowest BCUT2D eigenvalue weighted by Gasteiger charge is -2.19. The highest BCUT2D eigenvalue weighted by Crippen LogP contribution is 2.43. The molecular formula is C19H18N4O. The SMILES string of the molecule is N#C[C@@H](NC(=O)[C@H]1C[C@H]2C=C[C@H]1C2)c1cnn(-c2ccccc2)c1. The van der Waals surface area contributed by atoms with Crippen LogP contribution in [0.2, 0.25) is 0 Å². The van der Waals surface area contributed by atoms with E-state index in [0.717, 1.165) is 18.5 Å². The van der Waals surface area contributed by atoms with Crippen molar-refractivity contribution < 1.29 is 4.79 Å². The summed E-state index contributed by atoms with van der Waals surface area (Å²) in [6, 6.07) is 11.2. The second-order valence-corrected chi connectivity index (χ2v) is 6.51. The molecule has 1 aromatic heterocycles. The first-order valence-electron chi connectivity index (χ1n) is 8.23. The zero-order chi connectivity index (χ0) is 16.5. The molecule has 2 aromatic rings. The van der Waals surface area contributed by atoms with Gasteiger partial charge >= 0.3 is 0 Å². The number of para-hydroxylation sites is 1. The van der Waals surface area contributed by atoms with Gasteiger partial charge in [0, 0.05) is 17.7 Å². The predicted molar refractivity (Wildman–Crippen MR) is 88.9 cm³/mol. The van der Waals surface area contributed by atoms with Crippen molar-refractivity contribution in [2.24, 2.45) is 17.8 Å². The number of amides is 1. The average molecular weight is 318 g/mol. The molecule has 1 aromatic carbocycles. The van der Waals surface area contributed by atoms with Crippen LogP contribution >= 0.6 is 0 Å². The molecule has 0 spiro atoms. The zero-order valence-electron chi connectivity index (χ0n) is 13.2. The van der Waals surface area contributed by atoms with Gasteiger partial charge in [-0.2, -0.15) is 10.4 Å². The minimum Gasteiger partial charge on any atom is -0.336 e. The molecule has 120 valence electrons. The summed E-state index contributed by atoms with van der Waals surface area (Å²) < 4.78 is 1.71. The Balaban J connectivity index is 1.48. The molecule has 1 heterocycles. The summed E-state index contributed by atoms with van der Waals surface area (Å²) in [5.41, 5.74) is 1.62. The number of fused-ring (bicyclic) bond motifs is 2. The molecule has 0 saturated heterocycles. The fraction of sp³-hybridized carbons (Fsp3) is 0.316. The van der Waals surface area contributed by atoms with Crippen molar-refractivity contribution in [3.05, 3.63) is 60.4 Å². The molecule has 1 N–H and O–H groups in total. The van der Waals surface area contributed by atoms with E-state index in [1.54, 1.807) is 17.1 Å². The van der Waals surface area contributed by atoms with Crippen molar-refractivity contribution in [3.63, 3.8) is 0 Å². The smallest absolute Gasteiger partial charge is 0.225 e. The van der Waals surface area contributed by atoms with Crippen molar-refractivity contribution in [1.29, 1.82) is 5.26 Å². The molecule has 0 unspecified atom stereocenters. The van der Waals surface area contributed by atoms with Gasteiger partial charge < -0.3 is 5.32 Å². The van der Waals surface area contributed by atoms with Gasteiger partial charge in [-0.05, 0) is 36.8 Å². The number of nitriles is 1. The third-order valence-electron chi connectivity index (χ3n) is 4.99. The molecule has 5 heteroatoms. The van der Waals surface area contributed by atoms with Crippen LogP contribution in [-0.4, -0.2) is 15.7 Å². The maximum atomic E-state index is 12.5. The topological polar surface area (TPSA) is 70.7 Å². The molecule has 1 amide bonds. The van der Waals surface area contributed by atoms with Gasteiger partial charge in [0.2, 0.25) is 5.91 Å². The van der Waals surface area contributed by atoms with Crippen molar-refractivity contribution in [3.8, 4) is 11.8 Å². The molecule has 1 fully saturated rings. The third kappa shape index (κ3) is 2.61. The van der Waals surface area contributed by atoms with E-state index in [4.69, 9.17) is 0 Å². The number of rotatable bonds is 4. The summed E-state index contributed by atoms with van der Waals surface area (Å²) in [6.07, 6.45) is 9.76. The van der Waals surface area contributed by atoms with Crippen LogP contribution < -0.4 is 5.32 Å². The maximum absolute atomic E-state index is 12.5. The number of hydrogen-bond donors (Lipinski definition) is 1. The normalized spacial score (nSPS) is 25.4. The summed E-state index contributed by atoms with van der Waals surface area (Å²) in [5, 5.41) is 16.7. The van der Waals surface area contributed by atoms with Gasteiger partial charge in [-0.25, -0.2) is 4.68 Å². The standard InChI is InChI=1S/C19H18N4O/c20-10-18(22-19(24)17-9-13-6-7-14(17)8-13)15-11-21-23(12-15)16-4-2-1-3-5-16/h1-7,11-14,17-18H,8-9H2,(H,22,24)/t13-,14-,17-,18+/m0/s1. The van der Waals surface area contributed by atoms with Crippen molar-refractivity contribution in [2.45, 2.75) is 18.9 Å². The van der Waals surface area contributed by atoms with Gasteiger partial charge in [0.25, 0.3) is 0 Å². The summed E-state index contributed by atoms with van der Waals surface area (Å²) in [4.78, 5) is 12.5. The lowest BCUT2D eigenvalue weighted by molar-refractivity contribution is -0.126. The molecule has 2 aliphatic carbocycles. The number of hydrogen-bond acceptors (Lipinski definition) is 3. The van der Waals surface area contributed by atoms with Crippen LogP contribution in [0.3, 0.4) is 0 Å². The van der Waals surface area contributed by atoms with E-state index in [1.165, 1.54) is 0 Å². The first-order valence-corrected chi connectivity index (χ1v) is 8.23. The van der Waals surface area contributed by atoms with Crippen LogP contribution in [0, 0.1) is 29.1 Å². The molecule has 4 rings (SSSR count). The number of aromatic nitrogens is 2. The number of carbonyl (C=O) groups excluding carboxylic acids is 1. The Bertz CT molecular complexity index is 817. The molecule has 5 nitrogen and oxygen atoms in total. The molecular weight excluding hydrogens is 300 g/mol. The Morgan fingerprint density at radius 3 is 2.79 bits per heavy atom. The molecule has 0 radical (unpaired) electrons. The third-order valence-corrected chi connectivity index (χ3v) is 4.99. The zero-order valence-corrected chi connectivity index (χ0v) is 13.2. The number of benzene rings is 1. The average Bonchev–Trinajstić information content (AvgIpc) is 3.36. The highest BCUT2D eigenvalue weighted by molar-refractivity contribution is 5.80. The van der Waals surface area contributed by atoms with Gasteiger partial charge in [-0.3, -0.25) is 4.79 Å². The molecule has 2 bridgehead atoms. The predicted octanol–water partition coefficient (Wildman–Crippen LogP) is 2.77. The van der Waals surface area contributed by atoms with E-state index in [1.807, 2.05) is 30.3 Å². The summed E-state index contributed by atoms with van der Waals surface area (Å²) >= 11 is 0. The van der Waals surface area contributed by atoms with Gasteiger partial charge in [0.1, 0.15) is 6.04 Å². The van der Waals surface area contributed by atoms with Crippen molar-refractivity contribution in [1.82, 2.24) is 15.1 Å². The fourth-order valence-corrected chi connectivity index (χ4v) is 3.73. The Morgan fingerprint density at radius 1 is 1.29 bits per heavy atom. The van der Waals surface area contributed by atoms with Crippen LogP contribution in [0.15, 0.2) is 54.9 Å². The molecule has 24 heavy (non-hydrogen) atoms. The minimum atomic E-state index is -0.668. The number of nitrogens with zero attached hydrogens (tertiary/aromatic N) is 3. The lowest BCUT2D eigenvalue weighted by atomic mass is 9.92. The van der Waals surface area contributed by atoms with Gasteiger partial charge in [-0.15, -0.1) is 0 Å². The second-order valence-electron chi connectivity index (χ2n) is 6.51. The van der Waals surface area contributed by atoms with Crippen molar-refractivity contribution in [2.75, 3.05) is 0 Å². The molecule has 4 atom stereocenters. The van der Waals surface area contributed by atoms with Crippen molar-refractivity contribution >= 4 is 5.91 Å². The quantitative estimate of drug-likeness (QED) is 0.881. The maximum Gasteiger partial charge on any atom is 0.225 e. The van der Waals surface area contributed by atoms with Crippen LogP contribution in [0.25, 0.3) is 5.69 Å². The van der Waals surface area contributed by atoms with Crippen LogP contribution in [0.5, 0.6) is 0 Å². The van der Waals surface area contributed by atoms with E-state index in [-0.39, 0.29) is 11.8 Å². The number of carbonyl (C=O) groups is 1. The highest BCUT2D eigenvalue weighted by Gasteiger charge is 2.40. The van der Waals surface area contributed by atoms with E-state index in [0.29, 0.717) is 17.4 Å². The fourth-order valence-electron chi connectivity index (χ4n) is 3.73. The van der Waals surface area contributed by atoms with E-state index in [2.05, 4.69) is 28.6 Å². The van der Waals surface area contributed by atoms with Gasteiger partial charge in [0.15, 0.2) is 0 Å². The van der Waals surface area contributed by atoms with E-state index in [9.17, 15) is 10.1 Å². The number of nitrogens with one attached hydrogen (secondary N) is 1. The monoisotopic (exact) mass is 318 g/mol. The first kappa shape index (κ1) is 14.7. The Labute approximate surface area is 140 Å². The molecule has 2 aliphatic rings. The highest BCUT2D eigenvalue weighted by atomic mass is 16.2. The van der Waals surface area contributed by atoms with Gasteiger partial charge in [-0.1, -0.05) is 30.4 Å². The van der Waals surface area contributed by atoms with Crippen LogP contribution in [0.4, 0.5) is 0 Å². The molecule has 1 saturated carbocycles. The summed E-state index contributed by atoms with van der Waals surface area (Å²) in [6.45, 7) is 0. The Hall–Kier alpha value is -2.87. The first-order chi connectivity index (χ1) is 11.7. The largest absolute Gasteiger partial charge is 0.336 e.